The lowest BCUT2D eigenvalue weighted by Crippen LogP contribution is -2.41. The van der Waals surface area contributed by atoms with Gasteiger partial charge in [-0.25, -0.2) is 4.79 Å². The van der Waals surface area contributed by atoms with Gasteiger partial charge in [-0.05, 0) is 57.4 Å². The van der Waals surface area contributed by atoms with E-state index in [0.717, 1.165) is 5.56 Å². The normalized spacial score (nSPS) is 16.4. The summed E-state index contributed by atoms with van der Waals surface area (Å²) < 4.78 is 24.9. The molecule has 1 heterocycles. The molecule has 8 heteroatoms. The number of aryl methyl sites for hydroxylation is 1. The summed E-state index contributed by atoms with van der Waals surface area (Å²) in [4.78, 5) is 27.7. The molecule has 1 aliphatic heterocycles. The Morgan fingerprint density at radius 1 is 1.22 bits per heavy atom. The van der Waals surface area contributed by atoms with Gasteiger partial charge in [0.25, 0.3) is 5.91 Å². The number of carbonyl (C=O) groups excluding carboxylic acids is 2. The average molecular weight is 459 g/mol. The second kappa shape index (κ2) is 9.83. The van der Waals surface area contributed by atoms with Crippen molar-refractivity contribution < 1.29 is 23.6 Å². The minimum atomic E-state index is -1.54. The van der Waals surface area contributed by atoms with E-state index in [-0.39, 0.29) is 17.6 Å². The van der Waals surface area contributed by atoms with Gasteiger partial charge in [-0.2, -0.15) is 0 Å². The molecule has 1 aliphatic rings. The Morgan fingerprint density at radius 3 is 2.53 bits per heavy atom. The number of amides is 2. The Morgan fingerprint density at radius 2 is 1.91 bits per heavy atom. The third-order valence-corrected chi connectivity index (χ3v) is 6.45. The maximum absolute atomic E-state index is 13.3. The minimum Gasteiger partial charge on any atom is -0.606 e. The Labute approximate surface area is 192 Å². The number of nitrogens with one attached hydrogen (secondary N) is 1. The molecule has 0 saturated carbocycles. The number of carbonyl (C=O) groups is 2. The first-order valence-corrected chi connectivity index (χ1v) is 11.7. The van der Waals surface area contributed by atoms with Crippen LogP contribution in [0.2, 0.25) is 0 Å². The number of benzene rings is 2. The molecule has 172 valence electrons. The van der Waals surface area contributed by atoms with Crippen LogP contribution in [0.3, 0.4) is 0 Å². The van der Waals surface area contributed by atoms with Crippen molar-refractivity contribution in [3.8, 4) is 5.75 Å². The smallest absolute Gasteiger partial charge is 0.410 e. The molecule has 0 saturated heterocycles. The maximum atomic E-state index is 13.3. The zero-order valence-corrected chi connectivity index (χ0v) is 20.0. The number of rotatable bonds is 5. The highest BCUT2D eigenvalue weighted by Crippen LogP contribution is 2.37. The summed E-state index contributed by atoms with van der Waals surface area (Å²) in [6.07, 6.45) is 0.625. The van der Waals surface area contributed by atoms with Crippen molar-refractivity contribution in [3.05, 3.63) is 53.6 Å². The molecule has 0 fully saturated rings. The molecule has 0 aliphatic carbocycles. The summed E-state index contributed by atoms with van der Waals surface area (Å²) in [7, 11) is 3.20. The molecule has 0 aromatic heterocycles. The van der Waals surface area contributed by atoms with E-state index < -0.39 is 22.9 Å². The van der Waals surface area contributed by atoms with Gasteiger partial charge < -0.3 is 24.2 Å². The van der Waals surface area contributed by atoms with Crippen LogP contribution < -0.4 is 10.1 Å². The van der Waals surface area contributed by atoms with Crippen LogP contribution in [0.5, 0.6) is 5.75 Å². The van der Waals surface area contributed by atoms with Crippen molar-refractivity contribution in [2.24, 2.45) is 0 Å². The highest BCUT2D eigenvalue weighted by molar-refractivity contribution is 7.91. The molecule has 2 aromatic rings. The molecule has 2 aromatic carbocycles. The van der Waals surface area contributed by atoms with Gasteiger partial charge in [0.1, 0.15) is 23.0 Å². The topological polar surface area (TPSA) is 90.9 Å². The minimum absolute atomic E-state index is 0.275. The van der Waals surface area contributed by atoms with Gasteiger partial charge in [0.15, 0.2) is 9.79 Å². The lowest BCUT2D eigenvalue weighted by Gasteiger charge is -2.32. The van der Waals surface area contributed by atoms with Crippen molar-refractivity contribution in [3.63, 3.8) is 0 Å². The fourth-order valence-electron chi connectivity index (χ4n) is 3.50. The van der Waals surface area contributed by atoms with Gasteiger partial charge in [0.2, 0.25) is 0 Å². The second-order valence-corrected chi connectivity index (χ2v) is 10.2. The van der Waals surface area contributed by atoms with Crippen LogP contribution in [-0.4, -0.2) is 53.8 Å². The molecule has 2 amide bonds. The Balaban J connectivity index is 1.89. The molecule has 2 atom stereocenters. The number of nitrogens with zero attached hydrogens (tertiary/aromatic N) is 1. The van der Waals surface area contributed by atoms with Gasteiger partial charge in [-0.3, -0.25) is 4.79 Å². The van der Waals surface area contributed by atoms with Crippen LogP contribution in [0.1, 0.15) is 43.1 Å². The lowest BCUT2D eigenvalue weighted by molar-refractivity contribution is 0.0211. The van der Waals surface area contributed by atoms with Crippen molar-refractivity contribution in [1.82, 2.24) is 10.2 Å². The largest absolute Gasteiger partial charge is 0.606 e. The lowest BCUT2D eigenvalue weighted by atomic mass is 9.98. The van der Waals surface area contributed by atoms with Crippen LogP contribution in [0.15, 0.2) is 52.3 Å². The van der Waals surface area contributed by atoms with Crippen LogP contribution in [-0.2, 0) is 22.3 Å². The van der Waals surface area contributed by atoms with Crippen LogP contribution in [0.4, 0.5) is 4.79 Å². The van der Waals surface area contributed by atoms with Crippen molar-refractivity contribution in [2.45, 2.75) is 55.1 Å². The number of hydrogen-bond acceptors (Lipinski definition) is 5. The molecule has 1 N–H and O–H groups in total. The van der Waals surface area contributed by atoms with Gasteiger partial charge >= 0.3 is 6.09 Å². The first-order valence-electron chi connectivity index (χ1n) is 10.6. The zero-order chi connectivity index (χ0) is 23.5. The fourth-order valence-corrected chi connectivity index (χ4v) is 4.72. The van der Waals surface area contributed by atoms with Crippen molar-refractivity contribution in [1.29, 1.82) is 0 Å². The van der Waals surface area contributed by atoms with E-state index in [9.17, 15) is 14.1 Å². The van der Waals surface area contributed by atoms with Crippen molar-refractivity contribution >= 4 is 23.2 Å². The predicted molar refractivity (Wildman–Crippen MR) is 123 cm³/mol. The summed E-state index contributed by atoms with van der Waals surface area (Å²) in [6, 6.07) is 12.6. The van der Waals surface area contributed by atoms with Crippen molar-refractivity contribution in [2.75, 3.05) is 20.6 Å². The van der Waals surface area contributed by atoms with E-state index in [1.54, 1.807) is 25.2 Å². The summed E-state index contributed by atoms with van der Waals surface area (Å²) >= 11 is -1.54. The van der Waals surface area contributed by atoms with E-state index in [1.165, 1.54) is 11.9 Å². The molecule has 32 heavy (non-hydrogen) atoms. The number of fused-ring (bicyclic) bond motifs is 1. The third-order valence-electron chi connectivity index (χ3n) is 5.01. The first-order chi connectivity index (χ1) is 15.1. The van der Waals surface area contributed by atoms with E-state index in [4.69, 9.17) is 9.47 Å². The Kier molecular flexibility index (Phi) is 7.36. The monoisotopic (exact) mass is 458 g/mol. The summed E-state index contributed by atoms with van der Waals surface area (Å²) in [5.74, 6) is 0.0715. The summed E-state index contributed by atoms with van der Waals surface area (Å²) in [6.45, 7) is 5.76. The van der Waals surface area contributed by atoms with Crippen LogP contribution in [0, 0.1) is 0 Å². The Bertz CT molecular complexity index is 974. The molecular weight excluding hydrogens is 428 g/mol. The van der Waals surface area contributed by atoms with Gasteiger partial charge in [0, 0.05) is 25.3 Å². The predicted octanol–water partition coefficient (Wildman–Crippen LogP) is 3.77. The molecule has 0 radical (unpaired) electrons. The molecule has 2 unspecified atom stereocenters. The SMILES string of the molecule is CNC(=O)c1c([S+]([O-])c2ccccc2)ccc2c1OC(CN(C)C(=O)OC(C)(C)C)CC2. The van der Waals surface area contributed by atoms with E-state index in [1.807, 2.05) is 45.0 Å². The third kappa shape index (κ3) is 5.55. The summed E-state index contributed by atoms with van der Waals surface area (Å²) in [5.41, 5.74) is 0.569. The summed E-state index contributed by atoms with van der Waals surface area (Å²) in [5, 5.41) is 2.64. The number of likely N-dealkylation sites (N-methyl/N-ethyl adjacent to an activating group) is 1. The average Bonchev–Trinajstić information content (AvgIpc) is 2.76. The zero-order valence-electron chi connectivity index (χ0n) is 19.1. The molecule has 3 rings (SSSR count). The van der Waals surface area contributed by atoms with E-state index >= 15 is 0 Å². The molecule has 0 bridgehead atoms. The molecular formula is C24H30N2O5S. The highest BCUT2D eigenvalue weighted by Gasteiger charge is 2.33. The maximum Gasteiger partial charge on any atom is 0.410 e. The van der Waals surface area contributed by atoms with E-state index in [0.29, 0.717) is 34.9 Å². The van der Waals surface area contributed by atoms with Gasteiger partial charge in [-0.15, -0.1) is 0 Å². The number of ether oxygens (including phenoxy) is 2. The second-order valence-electron chi connectivity index (χ2n) is 8.73. The first kappa shape index (κ1) is 23.9. The van der Waals surface area contributed by atoms with Crippen LogP contribution >= 0.6 is 0 Å². The van der Waals surface area contributed by atoms with E-state index in [2.05, 4.69) is 5.32 Å². The standard InChI is InChI=1S/C24H30N2O5S/c1-24(2,3)31-23(28)26(5)15-17-13-11-16-12-14-19(20(21(16)30-17)22(27)25-4)32(29)18-9-7-6-8-10-18/h6-10,12,14,17H,11,13,15H2,1-5H3,(H,25,27). The van der Waals surface area contributed by atoms with Gasteiger partial charge in [-0.1, -0.05) is 24.3 Å². The number of hydrogen-bond donors (Lipinski definition) is 1. The fraction of sp³-hybridized carbons (Fsp3) is 0.417. The quantitative estimate of drug-likeness (QED) is 0.689. The Hall–Kier alpha value is -2.71. The highest BCUT2D eigenvalue weighted by atomic mass is 32.2. The molecule has 7 nitrogen and oxygen atoms in total. The van der Waals surface area contributed by atoms with Crippen LogP contribution in [0.25, 0.3) is 0 Å². The van der Waals surface area contributed by atoms with Gasteiger partial charge in [0.05, 0.1) is 6.54 Å². The molecule has 0 spiro atoms.